The summed E-state index contributed by atoms with van der Waals surface area (Å²) in [6, 6.07) is -0.297. The van der Waals surface area contributed by atoms with Crippen LogP contribution in [0.4, 0.5) is 0 Å². The van der Waals surface area contributed by atoms with Crippen LogP contribution in [0, 0.1) is 0 Å². The Hall–Kier alpha value is -1.14. The van der Waals surface area contributed by atoms with Gasteiger partial charge in [-0.2, -0.15) is 0 Å². The lowest BCUT2D eigenvalue weighted by atomic mass is 10.2. The lowest BCUT2D eigenvalue weighted by Crippen LogP contribution is -2.54. The second-order valence-electron chi connectivity index (χ2n) is 4.47. The van der Waals surface area contributed by atoms with E-state index in [1.165, 1.54) is 0 Å². The molecule has 0 bridgehead atoms. The Bertz CT molecular complexity index is 296. The van der Waals surface area contributed by atoms with Crippen LogP contribution in [0.25, 0.3) is 0 Å². The van der Waals surface area contributed by atoms with Crippen molar-refractivity contribution in [2.75, 3.05) is 39.5 Å². The van der Waals surface area contributed by atoms with Crippen molar-refractivity contribution in [2.45, 2.75) is 32.7 Å². The summed E-state index contributed by atoms with van der Waals surface area (Å²) in [6.07, 6.45) is 1.22. The first-order valence-corrected chi connectivity index (χ1v) is 6.94. The van der Waals surface area contributed by atoms with E-state index in [2.05, 4.69) is 5.32 Å². The number of esters is 1. The number of hydrogen-bond donors (Lipinski definition) is 1. The van der Waals surface area contributed by atoms with Crippen molar-refractivity contribution in [3.8, 4) is 0 Å². The van der Waals surface area contributed by atoms with Gasteiger partial charge in [-0.05, 0) is 13.3 Å². The molecule has 1 heterocycles. The summed E-state index contributed by atoms with van der Waals surface area (Å²) >= 11 is 0. The first kappa shape index (κ1) is 15.9. The number of carbonyl (C=O) groups is 2. The van der Waals surface area contributed by atoms with E-state index >= 15 is 0 Å². The number of nitrogens with zero attached hydrogens (tertiary/aromatic N) is 1. The average Bonchev–Trinajstić information content (AvgIpc) is 2.43. The first-order valence-electron chi connectivity index (χ1n) is 6.94. The van der Waals surface area contributed by atoms with E-state index in [4.69, 9.17) is 9.47 Å². The number of ether oxygens (including phenoxy) is 2. The Morgan fingerprint density at radius 3 is 2.89 bits per heavy atom. The van der Waals surface area contributed by atoms with Gasteiger partial charge in [-0.15, -0.1) is 0 Å². The fraction of sp³-hybridized carbons (Fsp3) is 0.846. The molecule has 1 aliphatic rings. The molecule has 6 nitrogen and oxygen atoms in total. The molecule has 110 valence electrons. The second kappa shape index (κ2) is 8.87. The average molecular weight is 272 g/mol. The van der Waals surface area contributed by atoms with Gasteiger partial charge in [0.2, 0.25) is 5.91 Å². The molecule has 0 aromatic carbocycles. The minimum Gasteiger partial charge on any atom is -0.466 e. The molecular formula is C13H24N2O4. The maximum atomic E-state index is 12.0. The highest BCUT2D eigenvalue weighted by molar-refractivity contribution is 5.82. The molecule has 0 saturated carbocycles. The Balaban J connectivity index is 2.43. The molecule has 19 heavy (non-hydrogen) atoms. The molecule has 0 aliphatic carbocycles. The number of nitrogens with one attached hydrogen (secondary N) is 1. The fourth-order valence-corrected chi connectivity index (χ4v) is 1.98. The standard InChI is InChI=1S/C13H24N2O4/c1-3-6-14-13(17)11-10-18-9-8-15(11)7-5-12(16)19-4-2/h11H,3-10H2,1-2H3,(H,14,17). The quantitative estimate of drug-likeness (QED) is 0.669. The van der Waals surface area contributed by atoms with E-state index in [1.54, 1.807) is 6.92 Å². The maximum absolute atomic E-state index is 12.0. The van der Waals surface area contributed by atoms with Gasteiger partial charge in [0.1, 0.15) is 6.04 Å². The summed E-state index contributed by atoms with van der Waals surface area (Å²) in [5, 5.41) is 2.87. The predicted molar refractivity (Wildman–Crippen MR) is 70.7 cm³/mol. The highest BCUT2D eigenvalue weighted by Gasteiger charge is 2.29. The normalized spacial score (nSPS) is 20.0. The van der Waals surface area contributed by atoms with Crippen LogP contribution in [-0.2, 0) is 19.1 Å². The van der Waals surface area contributed by atoms with Crippen LogP contribution in [0.2, 0.25) is 0 Å². The van der Waals surface area contributed by atoms with Crippen molar-refractivity contribution >= 4 is 11.9 Å². The van der Waals surface area contributed by atoms with Gasteiger partial charge in [0.15, 0.2) is 0 Å². The number of carbonyl (C=O) groups excluding carboxylic acids is 2. The molecule has 1 rings (SSSR count). The van der Waals surface area contributed by atoms with Crippen molar-refractivity contribution in [3.63, 3.8) is 0 Å². The van der Waals surface area contributed by atoms with E-state index in [0.717, 1.165) is 6.42 Å². The van der Waals surface area contributed by atoms with Gasteiger partial charge in [0.25, 0.3) is 0 Å². The Labute approximate surface area is 114 Å². The van der Waals surface area contributed by atoms with Crippen molar-refractivity contribution < 1.29 is 19.1 Å². The van der Waals surface area contributed by atoms with Crippen LogP contribution in [-0.4, -0.2) is 62.3 Å². The SMILES string of the molecule is CCCNC(=O)C1COCCN1CCC(=O)OCC. The highest BCUT2D eigenvalue weighted by Crippen LogP contribution is 2.08. The van der Waals surface area contributed by atoms with E-state index in [-0.39, 0.29) is 17.9 Å². The van der Waals surface area contributed by atoms with Gasteiger partial charge < -0.3 is 14.8 Å². The van der Waals surface area contributed by atoms with Crippen LogP contribution in [0.1, 0.15) is 26.7 Å². The molecule has 0 spiro atoms. The Morgan fingerprint density at radius 2 is 2.21 bits per heavy atom. The zero-order chi connectivity index (χ0) is 14.1. The highest BCUT2D eigenvalue weighted by atomic mass is 16.5. The number of rotatable bonds is 7. The lowest BCUT2D eigenvalue weighted by molar-refractivity contribution is -0.145. The molecule has 6 heteroatoms. The Kier molecular flexibility index (Phi) is 7.43. The molecule has 0 aromatic heterocycles. The molecular weight excluding hydrogens is 248 g/mol. The van der Waals surface area contributed by atoms with Gasteiger partial charge >= 0.3 is 5.97 Å². The van der Waals surface area contributed by atoms with Crippen molar-refractivity contribution in [3.05, 3.63) is 0 Å². The second-order valence-corrected chi connectivity index (χ2v) is 4.47. The predicted octanol–water partition coefficient (Wildman–Crippen LogP) is 0.167. The lowest BCUT2D eigenvalue weighted by Gasteiger charge is -2.34. The van der Waals surface area contributed by atoms with Crippen LogP contribution in [0.3, 0.4) is 0 Å². The zero-order valence-corrected chi connectivity index (χ0v) is 11.8. The van der Waals surface area contributed by atoms with Gasteiger partial charge in [-0.3, -0.25) is 14.5 Å². The summed E-state index contributed by atoms with van der Waals surface area (Å²) in [5.41, 5.74) is 0. The largest absolute Gasteiger partial charge is 0.466 e. The summed E-state index contributed by atoms with van der Waals surface area (Å²) in [5.74, 6) is -0.243. The van der Waals surface area contributed by atoms with E-state index < -0.39 is 0 Å². The summed E-state index contributed by atoms with van der Waals surface area (Å²) in [4.78, 5) is 25.3. The molecule has 1 amide bonds. The topological polar surface area (TPSA) is 67.9 Å². The minimum atomic E-state index is -0.297. The fourth-order valence-electron chi connectivity index (χ4n) is 1.98. The Morgan fingerprint density at radius 1 is 1.42 bits per heavy atom. The molecule has 1 N–H and O–H groups in total. The molecule has 1 aliphatic heterocycles. The van der Waals surface area contributed by atoms with Gasteiger partial charge in [-0.25, -0.2) is 0 Å². The third-order valence-electron chi connectivity index (χ3n) is 3.00. The summed E-state index contributed by atoms with van der Waals surface area (Å²) < 4.78 is 10.2. The van der Waals surface area contributed by atoms with Crippen LogP contribution >= 0.6 is 0 Å². The van der Waals surface area contributed by atoms with Gasteiger partial charge in [0.05, 0.1) is 26.2 Å². The number of morpholine rings is 1. The zero-order valence-electron chi connectivity index (χ0n) is 11.8. The molecule has 1 saturated heterocycles. The van der Waals surface area contributed by atoms with E-state index in [0.29, 0.717) is 45.9 Å². The van der Waals surface area contributed by atoms with Gasteiger partial charge in [-0.1, -0.05) is 6.92 Å². The molecule has 0 radical (unpaired) electrons. The number of hydrogen-bond acceptors (Lipinski definition) is 5. The van der Waals surface area contributed by atoms with Crippen molar-refractivity contribution in [1.29, 1.82) is 0 Å². The van der Waals surface area contributed by atoms with Crippen molar-refractivity contribution in [1.82, 2.24) is 10.2 Å². The van der Waals surface area contributed by atoms with Crippen LogP contribution in [0.15, 0.2) is 0 Å². The minimum absolute atomic E-state index is 0.0228. The van der Waals surface area contributed by atoms with E-state index in [1.807, 2.05) is 11.8 Å². The van der Waals surface area contributed by atoms with Gasteiger partial charge in [0, 0.05) is 19.6 Å². The van der Waals surface area contributed by atoms with Crippen LogP contribution < -0.4 is 5.32 Å². The smallest absolute Gasteiger partial charge is 0.307 e. The third kappa shape index (κ3) is 5.57. The first-order chi connectivity index (χ1) is 9.19. The monoisotopic (exact) mass is 272 g/mol. The van der Waals surface area contributed by atoms with Crippen LogP contribution in [0.5, 0.6) is 0 Å². The summed E-state index contributed by atoms with van der Waals surface area (Å²) in [7, 11) is 0. The number of amides is 1. The molecule has 1 unspecified atom stereocenters. The van der Waals surface area contributed by atoms with Crippen molar-refractivity contribution in [2.24, 2.45) is 0 Å². The van der Waals surface area contributed by atoms with E-state index in [9.17, 15) is 9.59 Å². The maximum Gasteiger partial charge on any atom is 0.307 e. The third-order valence-corrected chi connectivity index (χ3v) is 3.00. The molecule has 1 fully saturated rings. The molecule has 0 aromatic rings. The molecule has 1 atom stereocenters. The summed E-state index contributed by atoms with van der Waals surface area (Å²) in [6.45, 7) is 7.04.